The standard InChI is InChI=1S/C18H18S3/c1-2-14-9-10-16-5-6-18(21-16)12-11-17-4-3-15(20-17)8-7-13(1)19-14/h1-6H,7-12H2. The van der Waals surface area contributed by atoms with Crippen LogP contribution in [0.4, 0.5) is 0 Å². The molecular weight excluding hydrogens is 312 g/mol. The summed E-state index contributed by atoms with van der Waals surface area (Å²) in [7, 11) is 0. The number of fused-ring (bicyclic) bond motifs is 6. The summed E-state index contributed by atoms with van der Waals surface area (Å²) < 4.78 is 0. The molecule has 0 atom stereocenters. The quantitative estimate of drug-likeness (QED) is 0.507. The van der Waals surface area contributed by atoms with Crippen molar-refractivity contribution in [2.24, 2.45) is 0 Å². The van der Waals surface area contributed by atoms with E-state index in [9.17, 15) is 0 Å². The van der Waals surface area contributed by atoms with Crippen LogP contribution in [-0.4, -0.2) is 0 Å². The van der Waals surface area contributed by atoms with Crippen LogP contribution in [0.15, 0.2) is 36.4 Å². The van der Waals surface area contributed by atoms with Gasteiger partial charge >= 0.3 is 0 Å². The van der Waals surface area contributed by atoms with Gasteiger partial charge in [0.15, 0.2) is 0 Å². The minimum Gasteiger partial charge on any atom is -0.145 e. The van der Waals surface area contributed by atoms with Crippen molar-refractivity contribution in [3.05, 3.63) is 65.7 Å². The first-order valence-corrected chi connectivity index (χ1v) is 10.0. The normalized spacial score (nSPS) is 15.4. The Kier molecular flexibility index (Phi) is 3.97. The van der Waals surface area contributed by atoms with E-state index in [1.165, 1.54) is 38.5 Å². The Morgan fingerprint density at radius 2 is 0.571 bits per heavy atom. The number of rotatable bonds is 0. The van der Waals surface area contributed by atoms with Crippen molar-refractivity contribution in [1.29, 1.82) is 0 Å². The number of hydrogen-bond donors (Lipinski definition) is 0. The summed E-state index contributed by atoms with van der Waals surface area (Å²) in [6.07, 6.45) is 7.21. The highest BCUT2D eigenvalue weighted by molar-refractivity contribution is 7.13. The molecule has 4 rings (SSSR count). The summed E-state index contributed by atoms with van der Waals surface area (Å²) in [4.78, 5) is 9.26. The summed E-state index contributed by atoms with van der Waals surface area (Å²) in [5.74, 6) is 0. The van der Waals surface area contributed by atoms with Crippen molar-refractivity contribution in [3.8, 4) is 0 Å². The molecule has 0 N–H and O–H groups in total. The predicted molar refractivity (Wildman–Crippen MR) is 95.2 cm³/mol. The highest BCUT2D eigenvalue weighted by Gasteiger charge is 2.08. The fourth-order valence-electron chi connectivity index (χ4n) is 2.81. The molecule has 1 aliphatic heterocycles. The maximum absolute atomic E-state index is 2.33. The van der Waals surface area contributed by atoms with Gasteiger partial charge in [0.2, 0.25) is 0 Å². The Labute approximate surface area is 138 Å². The van der Waals surface area contributed by atoms with Gasteiger partial charge < -0.3 is 0 Å². The SMILES string of the molecule is c1cc2sc1CCc1ccc(s1)CCc1ccc(s1)CC2. The Morgan fingerprint density at radius 3 is 0.762 bits per heavy atom. The van der Waals surface area contributed by atoms with Gasteiger partial charge in [-0.15, -0.1) is 34.0 Å². The lowest BCUT2D eigenvalue weighted by Crippen LogP contribution is -1.85. The molecule has 0 spiro atoms. The van der Waals surface area contributed by atoms with Crippen LogP contribution in [0.25, 0.3) is 0 Å². The zero-order valence-electron chi connectivity index (χ0n) is 11.9. The summed E-state index contributed by atoms with van der Waals surface area (Å²) >= 11 is 6.03. The van der Waals surface area contributed by atoms with Crippen LogP contribution in [0.3, 0.4) is 0 Å². The Bertz CT molecular complexity index is 573. The molecule has 0 fully saturated rings. The van der Waals surface area contributed by atoms with Crippen LogP contribution >= 0.6 is 34.0 Å². The molecule has 0 saturated heterocycles. The molecule has 3 aromatic heterocycles. The second-order valence-electron chi connectivity index (χ2n) is 5.60. The molecular formula is C18H18S3. The third kappa shape index (κ3) is 3.31. The number of aryl methyl sites for hydroxylation is 6. The molecule has 3 heteroatoms. The number of hydrogen-bond acceptors (Lipinski definition) is 3. The van der Waals surface area contributed by atoms with Crippen LogP contribution in [0, 0.1) is 0 Å². The van der Waals surface area contributed by atoms with Crippen molar-refractivity contribution < 1.29 is 0 Å². The third-order valence-electron chi connectivity index (χ3n) is 4.01. The second kappa shape index (κ2) is 6.07. The molecule has 0 aliphatic carbocycles. The van der Waals surface area contributed by atoms with Crippen LogP contribution < -0.4 is 0 Å². The molecule has 108 valence electrons. The lowest BCUT2D eigenvalue weighted by atomic mass is 10.2. The van der Waals surface area contributed by atoms with E-state index in [-0.39, 0.29) is 0 Å². The van der Waals surface area contributed by atoms with E-state index in [0.717, 1.165) is 0 Å². The molecule has 6 bridgehead atoms. The first-order valence-electron chi connectivity index (χ1n) is 7.58. The Hall–Kier alpha value is -0.900. The monoisotopic (exact) mass is 330 g/mol. The largest absolute Gasteiger partial charge is 0.145 e. The minimum absolute atomic E-state index is 1.20. The van der Waals surface area contributed by atoms with E-state index in [1.54, 1.807) is 29.3 Å². The first kappa shape index (κ1) is 13.7. The zero-order chi connectivity index (χ0) is 14.1. The van der Waals surface area contributed by atoms with E-state index >= 15 is 0 Å². The molecule has 0 amide bonds. The second-order valence-corrected chi connectivity index (χ2v) is 9.36. The molecule has 4 heterocycles. The first-order chi connectivity index (χ1) is 10.3. The zero-order valence-corrected chi connectivity index (χ0v) is 14.4. The van der Waals surface area contributed by atoms with Gasteiger partial charge in [-0.1, -0.05) is 0 Å². The highest BCUT2D eigenvalue weighted by atomic mass is 32.1. The van der Waals surface area contributed by atoms with Gasteiger partial charge in [0.1, 0.15) is 0 Å². The van der Waals surface area contributed by atoms with Gasteiger partial charge in [-0.3, -0.25) is 0 Å². The van der Waals surface area contributed by atoms with Crippen molar-refractivity contribution in [1.82, 2.24) is 0 Å². The van der Waals surface area contributed by atoms with Crippen molar-refractivity contribution in [3.63, 3.8) is 0 Å². The number of thiophene rings is 3. The minimum atomic E-state index is 1.20. The molecule has 0 radical (unpaired) electrons. The van der Waals surface area contributed by atoms with Crippen LogP contribution in [0.2, 0.25) is 0 Å². The highest BCUT2D eigenvalue weighted by Crippen LogP contribution is 2.27. The Balaban J connectivity index is 1.62. The summed E-state index contributed by atoms with van der Waals surface area (Å²) in [6, 6.07) is 14.0. The van der Waals surface area contributed by atoms with Gasteiger partial charge in [-0.25, -0.2) is 0 Å². The summed E-state index contributed by atoms with van der Waals surface area (Å²) in [5, 5.41) is 0. The van der Waals surface area contributed by atoms with E-state index in [0.29, 0.717) is 0 Å². The van der Waals surface area contributed by atoms with Gasteiger partial charge in [0.25, 0.3) is 0 Å². The van der Waals surface area contributed by atoms with Gasteiger partial charge in [0, 0.05) is 29.3 Å². The van der Waals surface area contributed by atoms with Crippen molar-refractivity contribution >= 4 is 34.0 Å². The van der Waals surface area contributed by atoms with E-state index in [4.69, 9.17) is 0 Å². The summed E-state index contributed by atoms with van der Waals surface area (Å²) in [6.45, 7) is 0. The maximum atomic E-state index is 2.33. The topological polar surface area (TPSA) is 0 Å². The van der Waals surface area contributed by atoms with Crippen LogP contribution in [0.5, 0.6) is 0 Å². The van der Waals surface area contributed by atoms with Crippen LogP contribution in [-0.2, 0) is 38.5 Å². The van der Waals surface area contributed by atoms with Gasteiger partial charge in [-0.2, -0.15) is 0 Å². The average molecular weight is 331 g/mol. The van der Waals surface area contributed by atoms with Gasteiger partial charge in [-0.05, 0) is 74.9 Å². The lowest BCUT2D eigenvalue weighted by Gasteiger charge is -1.96. The molecule has 0 aromatic carbocycles. The van der Waals surface area contributed by atoms with Crippen molar-refractivity contribution in [2.45, 2.75) is 38.5 Å². The van der Waals surface area contributed by atoms with E-state index in [2.05, 4.69) is 36.4 Å². The van der Waals surface area contributed by atoms with E-state index in [1.807, 2.05) is 34.0 Å². The molecule has 1 aliphatic rings. The fraction of sp³-hybridized carbons (Fsp3) is 0.333. The fourth-order valence-corrected chi connectivity index (χ4v) is 5.86. The smallest absolute Gasteiger partial charge is 0.00517 e. The molecule has 21 heavy (non-hydrogen) atoms. The van der Waals surface area contributed by atoms with Crippen molar-refractivity contribution in [2.75, 3.05) is 0 Å². The lowest BCUT2D eigenvalue weighted by molar-refractivity contribution is 1.00. The molecule has 0 unspecified atom stereocenters. The maximum Gasteiger partial charge on any atom is 0.00517 e. The molecule has 0 nitrogen and oxygen atoms in total. The van der Waals surface area contributed by atoms with Gasteiger partial charge in [0.05, 0.1) is 0 Å². The molecule has 3 aromatic rings. The predicted octanol–water partition coefficient (Wildman–Crippen LogP) is 5.54. The average Bonchev–Trinajstić information content (AvgIpc) is 3.21. The van der Waals surface area contributed by atoms with Crippen LogP contribution in [0.1, 0.15) is 29.3 Å². The Morgan fingerprint density at radius 1 is 0.381 bits per heavy atom. The summed E-state index contributed by atoms with van der Waals surface area (Å²) in [5.41, 5.74) is 0. The molecule has 0 saturated carbocycles. The van der Waals surface area contributed by atoms with E-state index < -0.39 is 0 Å². The third-order valence-corrected chi connectivity index (χ3v) is 7.62.